The Morgan fingerprint density at radius 2 is 1.92 bits per heavy atom. The van der Waals surface area contributed by atoms with Crippen molar-refractivity contribution in [3.05, 3.63) is 99.0 Å². The van der Waals surface area contributed by atoms with Gasteiger partial charge in [0.15, 0.2) is 0 Å². The standard InChI is InChI=1S/C39H42ClFN6O3S/c1-23-35-32-12-11-31(40)37(35)36-24(2)43-47(15-5-13-42)33(36)22-51-21-28-20-29(45(3)44-28)9-7-25-17-26-19-27(41)8-10-30(26)34(18-25)50-16-6-14-46(32)38(23)39(48)49-4/h8,10-12,17-20H,5-7,9,13-16,21-22,42H2,1-4H3. The Morgan fingerprint density at radius 1 is 1.08 bits per heavy atom. The van der Waals surface area contributed by atoms with Gasteiger partial charge in [0.05, 0.1) is 30.8 Å². The highest BCUT2D eigenvalue weighted by Crippen LogP contribution is 2.43. The molecule has 4 heterocycles. The lowest BCUT2D eigenvalue weighted by molar-refractivity contribution is 0.0587. The molecule has 2 N–H and O–H groups in total. The minimum absolute atomic E-state index is 0.286. The molecule has 3 aromatic carbocycles. The molecule has 0 amide bonds. The number of thioether (sulfide) groups is 1. The highest BCUT2D eigenvalue weighted by Gasteiger charge is 2.28. The number of hydrogen-bond acceptors (Lipinski definition) is 7. The number of fused-ring (bicyclic) bond motifs is 8. The monoisotopic (exact) mass is 728 g/mol. The van der Waals surface area contributed by atoms with Crippen molar-refractivity contribution in [2.45, 2.75) is 64.1 Å². The Bertz CT molecular complexity index is 2270. The van der Waals surface area contributed by atoms with Crippen LogP contribution in [0.4, 0.5) is 4.39 Å². The maximum atomic E-state index is 14.4. The van der Waals surface area contributed by atoms with E-state index in [1.807, 2.05) is 48.3 Å². The van der Waals surface area contributed by atoms with Gasteiger partial charge in [-0.05, 0) is 105 Å². The van der Waals surface area contributed by atoms with Crippen LogP contribution in [0.2, 0.25) is 5.02 Å². The van der Waals surface area contributed by atoms with Crippen LogP contribution in [0.3, 0.4) is 0 Å². The lowest BCUT2D eigenvalue weighted by Crippen LogP contribution is -2.13. The summed E-state index contributed by atoms with van der Waals surface area (Å²) in [4.78, 5) is 13.4. The van der Waals surface area contributed by atoms with Crippen LogP contribution in [0.15, 0.2) is 48.5 Å². The predicted molar refractivity (Wildman–Crippen MR) is 202 cm³/mol. The van der Waals surface area contributed by atoms with Gasteiger partial charge < -0.3 is 19.8 Å². The zero-order chi connectivity index (χ0) is 35.8. The molecule has 0 atom stereocenters. The van der Waals surface area contributed by atoms with E-state index in [-0.39, 0.29) is 5.82 Å². The summed E-state index contributed by atoms with van der Waals surface area (Å²) in [6, 6.07) is 14.9. The molecule has 266 valence electrons. The highest BCUT2D eigenvalue weighted by atomic mass is 35.5. The SMILES string of the molecule is COC(=O)c1c(C)c2c3c(Cl)ccc2n1CCCOc1cc(cc2cc(F)ccc12)CCc1cc(nn1C)CSCc1c-3c(C)nn1CCCN. The molecule has 8 bridgehead atoms. The first-order chi connectivity index (χ1) is 24.7. The van der Waals surface area contributed by atoms with Crippen LogP contribution in [0.5, 0.6) is 5.75 Å². The quantitative estimate of drug-likeness (QED) is 0.184. The smallest absolute Gasteiger partial charge is 0.354 e. The number of nitrogens with two attached hydrogens (primary N) is 1. The number of esters is 1. The third kappa shape index (κ3) is 6.74. The lowest BCUT2D eigenvalue weighted by Gasteiger charge is -2.14. The summed E-state index contributed by atoms with van der Waals surface area (Å²) in [5.41, 5.74) is 15.1. The van der Waals surface area contributed by atoms with Gasteiger partial charge in [-0.25, -0.2) is 9.18 Å². The van der Waals surface area contributed by atoms with E-state index in [1.54, 1.807) is 23.9 Å². The van der Waals surface area contributed by atoms with Crippen molar-refractivity contribution < 1.29 is 18.7 Å². The molecule has 0 unspecified atom stereocenters. The summed E-state index contributed by atoms with van der Waals surface area (Å²) in [7, 11) is 3.39. The number of aryl methyl sites for hydroxylation is 7. The number of halogens is 2. The Balaban J connectivity index is 1.38. The zero-order valence-electron chi connectivity index (χ0n) is 29.4. The van der Waals surface area contributed by atoms with E-state index < -0.39 is 5.97 Å². The minimum Gasteiger partial charge on any atom is -0.493 e. The fourth-order valence-corrected chi connectivity index (χ4v) is 8.60. The molecule has 9 nitrogen and oxygen atoms in total. The van der Waals surface area contributed by atoms with Crippen molar-refractivity contribution in [2.24, 2.45) is 12.8 Å². The minimum atomic E-state index is -0.414. The molecule has 7 rings (SSSR count). The van der Waals surface area contributed by atoms with E-state index in [2.05, 4.69) is 16.8 Å². The van der Waals surface area contributed by atoms with Gasteiger partial charge >= 0.3 is 5.97 Å². The number of benzene rings is 3. The highest BCUT2D eigenvalue weighted by molar-refractivity contribution is 7.97. The molecule has 51 heavy (non-hydrogen) atoms. The van der Waals surface area contributed by atoms with E-state index in [0.717, 1.165) is 86.0 Å². The third-order valence-electron chi connectivity index (χ3n) is 9.76. The molecule has 0 saturated heterocycles. The zero-order valence-corrected chi connectivity index (χ0v) is 31.0. The number of hydrogen-bond donors (Lipinski definition) is 1. The van der Waals surface area contributed by atoms with Crippen molar-refractivity contribution in [1.82, 2.24) is 24.1 Å². The van der Waals surface area contributed by atoms with Crippen LogP contribution in [-0.4, -0.2) is 50.4 Å². The van der Waals surface area contributed by atoms with Gasteiger partial charge in [-0.2, -0.15) is 10.2 Å². The van der Waals surface area contributed by atoms with Gasteiger partial charge in [0.1, 0.15) is 17.3 Å². The van der Waals surface area contributed by atoms with Crippen LogP contribution in [0.25, 0.3) is 32.8 Å². The Morgan fingerprint density at radius 3 is 2.73 bits per heavy atom. The molecule has 1 aliphatic rings. The third-order valence-corrected chi connectivity index (χ3v) is 11.1. The molecular formula is C39H42ClFN6O3S. The van der Waals surface area contributed by atoms with Crippen LogP contribution >= 0.6 is 23.4 Å². The topological polar surface area (TPSA) is 102 Å². The Hall–Kier alpha value is -4.32. The van der Waals surface area contributed by atoms with Gasteiger partial charge in [0, 0.05) is 69.8 Å². The van der Waals surface area contributed by atoms with Gasteiger partial charge in [0.2, 0.25) is 0 Å². The van der Waals surface area contributed by atoms with Crippen LogP contribution in [-0.2, 0) is 49.2 Å². The predicted octanol–water partition coefficient (Wildman–Crippen LogP) is 7.94. The molecule has 0 radical (unpaired) electrons. The molecule has 0 saturated carbocycles. The maximum Gasteiger partial charge on any atom is 0.354 e. The van der Waals surface area contributed by atoms with Crippen molar-refractivity contribution in [2.75, 3.05) is 20.3 Å². The molecule has 0 fully saturated rings. The molecule has 3 aromatic heterocycles. The van der Waals surface area contributed by atoms with Crippen molar-refractivity contribution in [3.63, 3.8) is 0 Å². The number of carbonyl (C=O) groups is 1. The molecule has 0 spiro atoms. The van der Waals surface area contributed by atoms with Gasteiger partial charge in [0.25, 0.3) is 0 Å². The van der Waals surface area contributed by atoms with Gasteiger partial charge in [-0.15, -0.1) is 11.8 Å². The number of carbonyl (C=O) groups excluding carboxylic acids is 1. The van der Waals surface area contributed by atoms with E-state index in [9.17, 15) is 9.18 Å². The number of ether oxygens (including phenoxy) is 2. The van der Waals surface area contributed by atoms with E-state index in [4.69, 9.17) is 37.0 Å². The van der Waals surface area contributed by atoms with Gasteiger partial charge in [-0.1, -0.05) is 17.7 Å². The van der Waals surface area contributed by atoms with E-state index in [0.29, 0.717) is 60.6 Å². The normalized spacial score (nSPS) is 14.0. The second-order valence-corrected chi connectivity index (χ2v) is 14.5. The fraction of sp³-hybridized carbons (Fsp3) is 0.359. The first kappa shape index (κ1) is 35.1. The van der Waals surface area contributed by atoms with Gasteiger partial charge in [-0.3, -0.25) is 9.36 Å². The summed E-state index contributed by atoms with van der Waals surface area (Å²) in [6.45, 7) is 6.10. The summed E-state index contributed by atoms with van der Waals surface area (Å²) in [5, 5.41) is 13.0. The van der Waals surface area contributed by atoms with Crippen molar-refractivity contribution in [1.29, 1.82) is 0 Å². The fourth-order valence-electron chi connectivity index (χ4n) is 7.41. The average Bonchev–Trinajstić information content (AvgIpc) is 3.72. The summed E-state index contributed by atoms with van der Waals surface area (Å²) in [6.07, 6.45) is 2.92. The van der Waals surface area contributed by atoms with Crippen molar-refractivity contribution >= 4 is 51.0 Å². The number of rotatable bonds is 4. The Kier molecular flexibility index (Phi) is 10.1. The van der Waals surface area contributed by atoms with Crippen LogP contribution in [0, 0.1) is 19.7 Å². The van der Waals surface area contributed by atoms with Crippen molar-refractivity contribution in [3.8, 4) is 16.9 Å². The summed E-state index contributed by atoms with van der Waals surface area (Å²) < 4.78 is 32.2. The molecule has 6 aromatic rings. The summed E-state index contributed by atoms with van der Waals surface area (Å²) >= 11 is 8.90. The maximum absolute atomic E-state index is 14.4. The first-order valence-corrected chi connectivity index (χ1v) is 18.8. The molecule has 12 heteroatoms. The second-order valence-electron chi connectivity index (χ2n) is 13.1. The second kappa shape index (κ2) is 14.7. The first-order valence-electron chi connectivity index (χ1n) is 17.3. The lowest BCUT2D eigenvalue weighted by atomic mass is 9.97. The number of nitrogens with zero attached hydrogens (tertiary/aromatic N) is 5. The number of methoxy groups -OCH3 is 1. The Labute approximate surface area is 305 Å². The molecular weight excluding hydrogens is 687 g/mol. The van der Waals surface area contributed by atoms with Crippen LogP contribution in [0.1, 0.15) is 57.2 Å². The molecule has 0 aliphatic carbocycles. The largest absolute Gasteiger partial charge is 0.493 e. The molecule has 1 aliphatic heterocycles. The van der Waals surface area contributed by atoms with Crippen LogP contribution < -0.4 is 10.5 Å². The van der Waals surface area contributed by atoms with E-state index >= 15 is 0 Å². The van der Waals surface area contributed by atoms with E-state index in [1.165, 1.54) is 13.2 Å². The summed E-state index contributed by atoms with van der Waals surface area (Å²) in [5.74, 6) is 1.40. The average molecular weight is 729 g/mol. The number of aromatic nitrogens is 5.